The van der Waals surface area contributed by atoms with E-state index < -0.39 is 9.84 Å². The zero-order valence-electron chi connectivity index (χ0n) is 10.6. The van der Waals surface area contributed by atoms with Gasteiger partial charge in [0.2, 0.25) is 0 Å². The largest absolute Gasteiger partial charge is 0.228 e. The Kier molecular flexibility index (Phi) is 4.17. The van der Waals surface area contributed by atoms with Crippen LogP contribution < -0.4 is 0 Å². The van der Waals surface area contributed by atoms with Crippen molar-refractivity contribution >= 4 is 15.4 Å². The van der Waals surface area contributed by atoms with Gasteiger partial charge in [-0.15, -0.1) is 0 Å². The van der Waals surface area contributed by atoms with Crippen molar-refractivity contribution in [3.8, 4) is 0 Å². The van der Waals surface area contributed by atoms with Crippen LogP contribution in [0.5, 0.6) is 0 Å². The number of hydrogen-bond acceptors (Lipinski definition) is 2. The highest BCUT2D eigenvalue weighted by Crippen LogP contribution is 2.16. The molecule has 2 nitrogen and oxygen atoms in total. The molecule has 0 atom stereocenters. The summed E-state index contributed by atoms with van der Waals surface area (Å²) in [6.45, 7) is 3.87. The van der Waals surface area contributed by atoms with Gasteiger partial charge in [0.05, 0.1) is 11.5 Å². The Morgan fingerprint density at radius 1 is 0.895 bits per heavy atom. The first kappa shape index (κ1) is 13.6. The summed E-state index contributed by atoms with van der Waals surface area (Å²) >= 11 is 0. The summed E-state index contributed by atoms with van der Waals surface area (Å²) in [7, 11) is -3.18. The fourth-order valence-corrected chi connectivity index (χ4v) is 3.40. The zero-order chi connectivity index (χ0) is 13.7. The Labute approximate surface area is 114 Å². The third-order valence-electron chi connectivity index (χ3n) is 2.81. The van der Waals surface area contributed by atoms with Crippen molar-refractivity contribution in [1.29, 1.82) is 0 Å². The van der Waals surface area contributed by atoms with Crippen molar-refractivity contribution in [2.45, 2.75) is 5.75 Å². The van der Waals surface area contributed by atoms with Crippen molar-refractivity contribution in [3.63, 3.8) is 0 Å². The minimum atomic E-state index is -3.18. The van der Waals surface area contributed by atoms with Gasteiger partial charge in [0.25, 0.3) is 0 Å². The average molecular weight is 272 g/mol. The minimum absolute atomic E-state index is 0.00803. The lowest BCUT2D eigenvalue weighted by Crippen LogP contribution is -2.10. The average Bonchev–Trinajstić information content (AvgIpc) is 2.39. The lowest BCUT2D eigenvalue weighted by molar-refractivity contribution is 0.598. The topological polar surface area (TPSA) is 34.1 Å². The molecule has 2 rings (SSSR count). The summed E-state index contributed by atoms with van der Waals surface area (Å²) in [4.78, 5) is 0. The normalized spacial score (nSPS) is 11.2. The van der Waals surface area contributed by atoms with Crippen molar-refractivity contribution in [1.82, 2.24) is 0 Å². The van der Waals surface area contributed by atoms with Gasteiger partial charge in [0, 0.05) is 0 Å². The molecule has 0 saturated carbocycles. The first-order valence-electron chi connectivity index (χ1n) is 6.04. The zero-order valence-corrected chi connectivity index (χ0v) is 11.4. The van der Waals surface area contributed by atoms with Crippen molar-refractivity contribution in [2.24, 2.45) is 0 Å². The molecule has 0 spiro atoms. The van der Waals surface area contributed by atoms with Crippen molar-refractivity contribution in [2.75, 3.05) is 5.75 Å². The van der Waals surface area contributed by atoms with Crippen LogP contribution >= 0.6 is 0 Å². The van der Waals surface area contributed by atoms with E-state index in [-0.39, 0.29) is 11.5 Å². The molecule has 0 aliphatic rings. The second-order valence-corrected chi connectivity index (χ2v) is 6.55. The summed E-state index contributed by atoms with van der Waals surface area (Å²) < 4.78 is 24.2. The molecule has 0 heterocycles. The highest BCUT2D eigenvalue weighted by Gasteiger charge is 2.14. The lowest BCUT2D eigenvalue weighted by Gasteiger charge is -2.07. The molecule has 98 valence electrons. The number of hydrogen-bond donors (Lipinski definition) is 0. The van der Waals surface area contributed by atoms with Gasteiger partial charge >= 0.3 is 0 Å². The Hall–Kier alpha value is -1.87. The van der Waals surface area contributed by atoms with E-state index in [1.165, 1.54) is 0 Å². The van der Waals surface area contributed by atoms with Crippen LogP contribution in [0.25, 0.3) is 5.57 Å². The number of sulfone groups is 1. The van der Waals surface area contributed by atoms with E-state index >= 15 is 0 Å². The molecule has 0 aliphatic carbocycles. The SMILES string of the molecule is C=C(CS(=O)(=O)Cc1ccccc1)c1ccccc1. The Morgan fingerprint density at radius 3 is 2.00 bits per heavy atom. The third-order valence-corrected chi connectivity index (χ3v) is 4.37. The summed E-state index contributed by atoms with van der Waals surface area (Å²) in [6.07, 6.45) is 0. The first-order chi connectivity index (χ1) is 9.07. The molecule has 19 heavy (non-hydrogen) atoms. The van der Waals surface area contributed by atoms with Gasteiger partial charge in [-0.1, -0.05) is 67.2 Å². The van der Waals surface area contributed by atoms with Gasteiger partial charge in [0.15, 0.2) is 9.84 Å². The van der Waals surface area contributed by atoms with Crippen LogP contribution in [0.1, 0.15) is 11.1 Å². The summed E-state index contributed by atoms with van der Waals surface area (Å²) in [6, 6.07) is 18.6. The van der Waals surface area contributed by atoms with Crippen molar-refractivity contribution < 1.29 is 8.42 Å². The summed E-state index contributed by atoms with van der Waals surface area (Å²) in [5.41, 5.74) is 2.32. The molecule has 0 aliphatic heterocycles. The summed E-state index contributed by atoms with van der Waals surface area (Å²) in [5, 5.41) is 0. The molecule has 2 aromatic carbocycles. The van der Waals surface area contributed by atoms with E-state index in [9.17, 15) is 8.42 Å². The summed E-state index contributed by atoms with van der Waals surface area (Å²) in [5.74, 6) is 0.0472. The van der Waals surface area contributed by atoms with Crippen LogP contribution in [-0.4, -0.2) is 14.2 Å². The van der Waals surface area contributed by atoms with Crippen LogP contribution in [0.3, 0.4) is 0 Å². The predicted octanol–water partition coefficient (Wildman–Crippen LogP) is 3.31. The fourth-order valence-electron chi connectivity index (χ4n) is 1.90. The Morgan fingerprint density at radius 2 is 1.42 bits per heavy atom. The second-order valence-electron chi connectivity index (χ2n) is 4.49. The fraction of sp³-hybridized carbons (Fsp3) is 0.125. The third kappa shape index (κ3) is 4.07. The predicted molar refractivity (Wildman–Crippen MR) is 79.4 cm³/mol. The van der Waals surface area contributed by atoms with Crippen LogP contribution in [0.2, 0.25) is 0 Å². The van der Waals surface area contributed by atoms with Gasteiger partial charge in [-0.05, 0) is 16.7 Å². The van der Waals surface area contributed by atoms with E-state index in [2.05, 4.69) is 6.58 Å². The van der Waals surface area contributed by atoms with Crippen LogP contribution in [0, 0.1) is 0 Å². The Bertz CT molecular complexity index is 644. The lowest BCUT2D eigenvalue weighted by atomic mass is 10.1. The number of rotatable bonds is 5. The van der Waals surface area contributed by atoms with Gasteiger partial charge < -0.3 is 0 Å². The molecular formula is C16H16O2S. The molecule has 0 radical (unpaired) electrons. The molecule has 0 saturated heterocycles. The van der Waals surface area contributed by atoms with Crippen molar-refractivity contribution in [3.05, 3.63) is 78.4 Å². The van der Waals surface area contributed by atoms with Gasteiger partial charge in [-0.3, -0.25) is 0 Å². The van der Waals surface area contributed by atoms with E-state index in [1.54, 1.807) is 0 Å². The van der Waals surface area contributed by atoms with Crippen LogP contribution in [0.15, 0.2) is 67.2 Å². The second kappa shape index (κ2) is 5.85. The minimum Gasteiger partial charge on any atom is -0.228 e. The molecule has 0 N–H and O–H groups in total. The van der Waals surface area contributed by atoms with E-state index in [0.29, 0.717) is 5.57 Å². The van der Waals surface area contributed by atoms with Gasteiger partial charge in [-0.25, -0.2) is 8.42 Å². The van der Waals surface area contributed by atoms with Gasteiger partial charge in [0.1, 0.15) is 0 Å². The van der Waals surface area contributed by atoms with E-state index in [1.807, 2.05) is 60.7 Å². The standard InChI is InChI=1S/C16H16O2S/c1-14(16-10-6-3-7-11-16)12-19(17,18)13-15-8-4-2-5-9-15/h2-11H,1,12-13H2. The number of benzene rings is 2. The monoisotopic (exact) mass is 272 g/mol. The smallest absolute Gasteiger partial charge is 0.158 e. The molecule has 0 unspecified atom stereocenters. The quantitative estimate of drug-likeness (QED) is 0.836. The molecule has 0 bridgehead atoms. The maximum absolute atomic E-state index is 12.1. The van der Waals surface area contributed by atoms with Crippen LogP contribution in [0.4, 0.5) is 0 Å². The molecule has 3 heteroatoms. The van der Waals surface area contributed by atoms with Crippen LogP contribution in [-0.2, 0) is 15.6 Å². The Balaban J connectivity index is 2.08. The molecule has 0 amide bonds. The highest BCUT2D eigenvalue weighted by atomic mass is 32.2. The maximum Gasteiger partial charge on any atom is 0.158 e. The first-order valence-corrected chi connectivity index (χ1v) is 7.86. The van der Waals surface area contributed by atoms with E-state index in [4.69, 9.17) is 0 Å². The maximum atomic E-state index is 12.1. The molecule has 0 aromatic heterocycles. The van der Waals surface area contributed by atoms with Gasteiger partial charge in [-0.2, -0.15) is 0 Å². The highest BCUT2D eigenvalue weighted by molar-refractivity contribution is 7.91. The molecular weight excluding hydrogens is 256 g/mol. The molecule has 0 fully saturated rings. The van der Waals surface area contributed by atoms with E-state index in [0.717, 1.165) is 11.1 Å². The molecule has 2 aromatic rings.